The quantitative estimate of drug-likeness (QED) is 0.193. The highest BCUT2D eigenvalue weighted by molar-refractivity contribution is 6.23. The second-order valence-electron chi connectivity index (χ2n) is 14.9. The SMILES string of the molecule is COc1cc(-c2cn(C)c(=O)c3cnccc23)cc(OC)c1CN1CC(n2cc(CN3CC(Oc4ccc5c(c4)C(=O)N(C4CCC(=O)NC4=O)C5=O)C3)nn2)C1. The molecule has 5 aromatic rings. The van der Waals surface area contributed by atoms with E-state index in [2.05, 4.69) is 30.4 Å². The Bertz CT molecular complexity index is 2510. The fourth-order valence-corrected chi connectivity index (χ4v) is 8.14. The van der Waals surface area contributed by atoms with Gasteiger partial charge in [-0.1, -0.05) is 5.21 Å². The summed E-state index contributed by atoms with van der Waals surface area (Å²) in [6.07, 6.45) is 7.13. The number of pyridine rings is 2. The Hall–Kier alpha value is -6.46. The molecule has 7 heterocycles. The largest absolute Gasteiger partial charge is 0.496 e. The summed E-state index contributed by atoms with van der Waals surface area (Å²) in [5.74, 6) is -0.323. The van der Waals surface area contributed by atoms with Crippen LogP contribution in [0, 0.1) is 0 Å². The van der Waals surface area contributed by atoms with Gasteiger partial charge in [0.05, 0.1) is 54.2 Å². The number of rotatable bonds is 11. The molecule has 3 aromatic heterocycles. The van der Waals surface area contributed by atoms with Crippen LogP contribution in [-0.4, -0.2) is 115 Å². The summed E-state index contributed by atoms with van der Waals surface area (Å²) in [6.45, 7) is 4.06. The molecular formula is C40H39N9O8. The minimum Gasteiger partial charge on any atom is -0.496 e. The summed E-state index contributed by atoms with van der Waals surface area (Å²) in [4.78, 5) is 72.5. The van der Waals surface area contributed by atoms with Crippen molar-refractivity contribution in [1.82, 2.24) is 44.6 Å². The van der Waals surface area contributed by atoms with Crippen molar-refractivity contribution in [3.05, 3.63) is 93.9 Å². The minimum absolute atomic E-state index is 0.0633. The molecule has 17 heteroatoms. The number of nitrogens with one attached hydrogen (secondary N) is 1. The zero-order chi connectivity index (χ0) is 39.5. The van der Waals surface area contributed by atoms with Crippen LogP contribution in [0.25, 0.3) is 21.9 Å². The molecule has 9 rings (SSSR count). The molecule has 57 heavy (non-hydrogen) atoms. The Balaban J connectivity index is 0.784. The number of methoxy groups -OCH3 is 2. The number of nitrogens with zero attached hydrogens (tertiary/aromatic N) is 8. The number of fused-ring (bicyclic) bond motifs is 2. The molecule has 3 fully saturated rings. The van der Waals surface area contributed by atoms with E-state index in [0.29, 0.717) is 48.8 Å². The van der Waals surface area contributed by atoms with Gasteiger partial charge in [0.2, 0.25) is 11.8 Å². The van der Waals surface area contributed by atoms with Crippen LogP contribution in [0.15, 0.2) is 66.0 Å². The van der Waals surface area contributed by atoms with Crippen LogP contribution in [0.3, 0.4) is 0 Å². The van der Waals surface area contributed by atoms with Crippen molar-refractivity contribution in [3.8, 4) is 28.4 Å². The molecule has 4 amide bonds. The smallest absolute Gasteiger partial charge is 0.262 e. The molecule has 0 aliphatic carbocycles. The number of likely N-dealkylation sites (tertiary alicyclic amines) is 2. The summed E-state index contributed by atoms with van der Waals surface area (Å²) < 4.78 is 21.4. The third-order valence-electron chi connectivity index (χ3n) is 11.2. The lowest BCUT2D eigenvalue weighted by Gasteiger charge is -2.39. The van der Waals surface area contributed by atoms with Gasteiger partial charge in [0.25, 0.3) is 17.4 Å². The summed E-state index contributed by atoms with van der Waals surface area (Å²) in [7, 11) is 5.02. The van der Waals surface area contributed by atoms with Crippen molar-refractivity contribution in [3.63, 3.8) is 0 Å². The van der Waals surface area contributed by atoms with Gasteiger partial charge in [0, 0.05) is 76.9 Å². The molecule has 1 N–H and O–H groups in total. The number of piperidine rings is 1. The molecule has 0 saturated carbocycles. The van der Waals surface area contributed by atoms with Gasteiger partial charge in [-0.25, -0.2) is 4.68 Å². The van der Waals surface area contributed by atoms with Gasteiger partial charge >= 0.3 is 0 Å². The number of benzene rings is 2. The van der Waals surface area contributed by atoms with E-state index in [9.17, 15) is 24.0 Å². The highest BCUT2D eigenvalue weighted by atomic mass is 16.5. The number of ether oxygens (including phenoxy) is 3. The second kappa shape index (κ2) is 14.2. The molecule has 4 aliphatic heterocycles. The minimum atomic E-state index is -1.01. The van der Waals surface area contributed by atoms with Gasteiger partial charge in [0.15, 0.2) is 0 Å². The number of aryl methyl sites for hydroxylation is 1. The summed E-state index contributed by atoms with van der Waals surface area (Å²) in [6, 6.07) is 9.72. The van der Waals surface area contributed by atoms with Crippen LogP contribution in [0.2, 0.25) is 0 Å². The summed E-state index contributed by atoms with van der Waals surface area (Å²) in [5.41, 5.74) is 3.82. The van der Waals surface area contributed by atoms with Crippen molar-refractivity contribution < 1.29 is 33.4 Å². The maximum Gasteiger partial charge on any atom is 0.262 e. The zero-order valence-electron chi connectivity index (χ0n) is 31.5. The monoisotopic (exact) mass is 773 g/mol. The van der Waals surface area contributed by atoms with Gasteiger partial charge < -0.3 is 18.8 Å². The predicted octanol–water partition coefficient (Wildman–Crippen LogP) is 1.93. The molecule has 0 bridgehead atoms. The van der Waals surface area contributed by atoms with E-state index < -0.39 is 29.7 Å². The van der Waals surface area contributed by atoms with E-state index in [1.807, 2.05) is 35.3 Å². The van der Waals surface area contributed by atoms with Gasteiger partial charge in [-0.2, -0.15) is 0 Å². The number of carbonyl (C=O) groups is 4. The second-order valence-corrected chi connectivity index (χ2v) is 14.9. The van der Waals surface area contributed by atoms with Crippen LogP contribution in [0.5, 0.6) is 17.2 Å². The number of carbonyl (C=O) groups excluding carboxylic acids is 4. The molecule has 2 aromatic carbocycles. The highest BCUT2D eigenvalue weighted by Crippen LogP contribution is 2.39. The Labute approximate surface area is 325 Å². The number of aromatic nitrogens is 5. The number of amides is 4. The van der Waals surface area contributed by atoms with Crippen LogP contribution in [-0.2, 0) is 29.7 Å². The van der Waals surface area contributed by atoms with Crippen molar-refractivity contribution >= 4 is 34.4 Å². The van der Waals surface area contributed by atoms with Gasteiger partial charge in [-0.3, -0.25) is 49.0 Å². The highest BCUT2D eigenvalue weighted by Gasteiger charge is 2.45. The van der Waals surface area contributed by atoms with Crippen LogP contribution in [0.4, 0.5) is 0 Å². The molecule has 0 spiro atoms. The third kappa shape index (κ3) is 6.47. The summed E-state index contributed by atoms with van der Waals surface area (Å²) >= 11 is 0. The lowest BCUT2D eigenvalue weighted by molar-refractivity contribution is -0.136. The van der Waals surface area contributed by atoms with E-state index in [-0.39, 0.29) is 41.7 Å². The average Bonchev–Trinajstić information content (AvgIpc) is 3.74. The predicted molar refractivity (Wildman–Crippen MR) is 203 cm³/mol. The van der Waals surface area contributed by atoms with Crippen LogP contribution in [0.1, 0.15) is 50.9 Å². The molecule has 1 unspecified atom stereocenters. The van der Waals surface area contributed by atoms with Crippen molar-refractivity contribution in [2.45, 2.75) is 44.1 Å². The number of imide groups is 2. The standard InChI is InChI=1S/C40H39N9O8/c1-45-20-31(27-8-9-41-13-30(27)38(45)52)22-10-34(55-2)32(35(11-22)56-3)21-47-16-24(17-47)48-15-23(43-44-48)14-46-18-26(19-46)57-25-4-5-28-29(12-25)40(54)49(39(28)53)33-6-7-36(50)42-37(33)51/h4-5,8-13,15,20,24,26,33H,6-7,14,16-19,21H2,1-3H3,(H,42,50,51). The van der Waals surface area contributed by atoms with E-state index >= 15 is 0 Å². The number of hydrogen-bond donors (Lipinski definition) is 1. The maximum absolute atomic E-state index is 13.2. The molecule has 0 radical (unpaired) electrons. The first-order chi connectivity index (χ1) is 27.6. The van der Waals surface area contributed by atoms with E-state index in [1.165, 1.54) is 0 Å². The Morgan fingerprint density at radius 3 is 2.30 bits per heavy atom. The molecule has 1 atom stereocenters. The Morgan fingerprint density at radius 1 is 0.825 bits per heavy atom. The normalized spacial score (nSPS) is 19.1. The molecule has 4 aliphatic rings. The van der Waals surface area contributed by atoms with Crippen molar-refractivity contribution in [1.29, 1.82) is 0 Å². The topological polar surface area (TPSA) is 183 Å². The number of hydrogen-bond acceptors (Lipinski definition) is 13. The lowest BCUT2D eigenvalue weighted by atomic mass is 9.98. The molecule has 3 saturated heterocycles. The molecule has 292 valence electrons. The van der Waals surface area contributed by atoms with Gasteiger partial charge in [0.1, 0.15) is 29.4 Å². The van der Waals surface area contributed by atoms with Gasteiger partial charge in [-0.05, 0) is 53.8 Å². The lowest BCUT2D eigenvalue weighted by Crippen LogP contribution is -2.54. The van der Waals surface area contributed by atoms with E-state index in [0.717, 1.165) is 45.8 Å². The zero-order valence-corrected chi connectivity index (χ0v) is 31.5. The van der Waals surface area contributed by atoms with Gasteiger partial charge in [-0.15, -0.1) is 5.10 Å². The Morgan fingerprint density at radius 2 is 1.56 bits per heavy atom. The average molecular weight is 774 g/mol. The maximum atomic E-state index is 13.2. The first-order valence-electron chi connectivity index (χ1n) is 18.6. The fraction of sp³-hybridized carbons (Fsp3) is 0.350. The van der Waals surface area contributed by atoms with Crippen LogP contribution >= 0.6 is 0 Å². The van der Waals surface area contributed by atoms with Crippen molar-refractivity contribution in [2.75, 3.05) is 40.4 Å². The van der Waals surface area contributed by atoms with E-state index in [1.54, 1.807) is 56.4 Å². The Kier molecular flexibility index (Phi) is 9.04. The van der Waals surface area contributed by atoms with Crippen molar-refractivity contribution in [2.24, 2.45) is 7.05 Å². The summed E-state index contributed by atoms with van der Waals surface area (Å²) in [5, 5.41) is 12.4. The molecular weight excluding hydrogens is 734 g/mol. The van der Waals surface area contributed by atoms with Crippen LogP contribution < -0.4 is 25.1 Å². The molecule has 17 nitrogen and oxygen atoms in total. The first kappa shape index (κ1) is 36.2. The third-order valence-corrected chi connectivity index (χ3v) is 11.2. The first-order valence-corrected chi connectivity index (χ1v) is 18.6. The fourth-order valence-electron chi connectivity index (χ4n) is 8.14. The van der Waals surface area contributed by atoms with E-state index in [4.69, 9.17) is 14.2 Å².